The molecular formula is C23H18N4O2. The van der Waals surface area contributed by atoms with Gasteiger partial charge in [0.2, 0.25) is 5.91 Å². The van der Waals surface area contributed by atoms with Crippen molar-refractivity contribution in [3.63, 3.8) is 0 Å². The van der Waals surface area contributed by atoms with Gasteiger partial charge in [-0.2, -0.15) is 10.5 Å². The monoisotopic (exact) mass is 382 g/mol. The molecule has 0 spiro atoms. The summed E-state index contributed by atoms with van der Waals surface area (Å²) in [4.78, 5) is 12.4. The number of amides is 1. The zero-order valence-corrected chi connectivity index (χ0v) is 15.7. The molecule has 2 N–H and O–H groups in total. The van der Waals surface area contributed by atoms with Crippen LogP contribution in [0, 0.1) is 22.7 Å². The van der Waals surface area contributed by atoms with Gasteiger partial charge < -0.3 is 15.4 Å². The maximum Gasteiger partial charge on any atom is 0.246 e. The summed E-state index contributed by atoms with van der Waals surface area (Å²) in [6, 6.07) is 24.5. The Balaban J connectivity index is 1.61. The Morgan fingerprint density at radius 1 is 0.931 bits per heavy atom. The number of hydrogen-bond acceptors (Lipinski definition) is 5. The lowest BCUT2D eigenvalue weighted by atomic mass is 10.2. The fourth-order valence-corrected chi connectivity index (χ4v) is 2.63. The van der Waals surface area contributed by atoms with E-state index in [9.17, 15) is 4.79 Å². The van der Waals surface area contributed by atoms with Crippen LogP contribution in [0.2, 0.25) is 0 Å². The zero-order valence-electron chi connectivity index (χ0n) is 15.7. The van der Waals surface area contributed by atoms with Gasteiger partial charge in [-0.05, 0) is 61.5 Å². The minimum atomic E-state index is -0.494. The highest BCUT2D eigenvalue weighted by Crippen LogP contribution is 2.26. The summed E-state index contributed by atoms with van der Waals surface area (Å²) in [5.74, 6) is 0.857. The van der Waals surface area contributed by atoms with Crippen LogP contribution in [-0.4, -0.2) is 11.9 Å². The molecule has 0 heterocycles. The highest BCUT2D eigenvalue weighted by molar-refractivity contribution is 5.96. The highest BCUT2D eigenvalue weighted by Gasteiger charge is 2.13. The number of nitriles is 2. The molecule has 6 nitrogen and oxygen atoms in total. The summed E-state index contributed by atoms with van der Waals surface area (Å²) in [7, 11) is 0. The Morgan fingerprint density at radius 2 is 1.69 bits per heavy atom. The summed E-state index contributed by atoms with van der Waals surface area (Å²) in [5, 5.41) is 24.0. The smallest absolute Gasteiger partial charge is 0.246 e. The lowest BCUT2D eigenvalue weighted by Crippen LogP contribution is -2.31. The SMILES string of the molecule is C[C@@H](Nc1ccc(Oc2ccccc2C#N)cc1)C(=O)Nc1cccc(C#N)c1. The van der Waals surface area contributed by atoms with Crippen LogP contribution in [0.5, 0.6) is 11.5 Å². The Morgan fingerprint density at radius 3 is 2.41 bits per heavy atom. The number of para-hydroxylation sites is 1. The first-order valence-corrected chi connectivity index (χ1v) is 8.93. The average Bonchev–Trinajstić information content (AvgIpc) is 2.75. The molecular weight excluding hydrogens is 364 g/mol. The molecule has 0 aliphatic rings. The van der Waals surface area contributed by atoms with E-state index in [1.54, 1.807) is 79.7 Å². The third-order valence-corrected chi connectivity index (χ3v) is 4.13. The molecule has 0 saturated carbocycles. The van der Waals surface area contributed by atoms with Crippen LogP contribution in [0.25, 0.3) is 0 Å². The first-order valence-electron chi connectivity index (χ1n) is 8.93. The Labute approximate surface area is 169 Å². The summed E-state index contributed by atoms with van der Waals surface area (Å²) in [6.45, 7) is 1.75. The number of benzene rings is 3. The number of carbonyl (C=O) groups excluding carboxylic acids is 1. The number of hydrogen-bond donors (Lipinski definition) is 2. The van der Waals surface area contributed by atoms with Crippen LogP contribution in [0.15, 0.2) is 72.8 Å². The van der Waals surface area contributed by atoms with E-state index in [4.69, 9.17) is 15.3 Å². The van der Waals surface area contributed by atoms with E-state index in [0.29, 0.717) is 28.3 Å². The van der Waals surface area contributed by atoms with E-state index in [2.05, 4.69) is 16.7 Å². The van der Waals surface area contributed by atoms with Crippen LogP contribution >= 0.6 is 0 Å². The second kappa shape index (κ2) is 9.07. The molecule has 0 aromatic heterocycles. The Hall–Kier alpha value is -4.29. The first-order chi connectivity index (χ1) is 14.1. The van der Waals surface area contributed by atoms with Crippen molar-refractivity contribution in [2.24, 2.45) is 0 Å². The molecule has 0 unspecified atom stereocenters. The van der Waals surface area contributed by atoms with Gasteiger partial charge in [0.05, 0.1) is 17.2 Å². The van der Waals surface area contributed by atoms with Gasteiger partial charge in [-0.15, -0.1) is 0 Å². The standard InChI is InChI=1S/C23H18N4O2/c1-16(23(28)27-20-7-4-5-17(13-20)14-24)26-19-9-11-21(12-10-19)29-22-8-3-2-6-18(22)15-25/h2-13,16,26H,1H3,(H,27,28)/t16-/m1/s1. The van der Waals surface area contributed by atoms with Gasteiger partial charge in [-0.3, -0.25) is 4.79 Å². The number of ether oxygens (including phenoxy) is 1. The second-order valence-corrected chi connectivity index (χ2v) is 6.28. The highest BCUT2D eigenvalue weighted by atomic mass is 16.5. The largest absolute Gasteiger partial charge is 0.456 e. The fourth-order valence-electron chi connectivity index (χ4n) is 2.63. The number of carbonyl (C=O) groups is 1. The van der Waals surface area contributed by atoms with Gasteiger partial charge in [0.15, 0.2) is 0 Å². The molecule has 0 aliphatic heterocycles. The van der Waals surface area contributed by atoms with E-state index in [0.717, 1.165) is 5.69 Å². The van der Waals surface area contributed by atoms with Gasteiger partial charge in [-0.1, -0.05) is 18.2 Å². The molecule has 29 heavy (non-hydrogen) atoms. The van der Waals surface area contributed by atoms with Gasteiger partial charge in [-0.25, -0.2) is 0 Å². The molecule has 1 amide bonds. The molecule has 3 aromatic rings. The molecule has 142 valence electrons. The van der Waals surface area contributed by atoms with E-state index in [1.165, 1.54) is 0 Å². The van der Waals surface area contributed by atoms with Crippen molar-refractivity contribution in [2.75, 3.05) is 10.6 Å². The van der Waals surface area contributed by atoms with Crippen molar-refractivity contribution in [3.8, 4) is 23.6 Å². The van der Waals surface area contributed by atoms with Crippen LogP contribution in [-0.2, 0) is 4.79 Å². The normalized spacial score (nSPS) is 10.9. The number of anilines is 2. The maximum absolute atomic E-state index is 12.4. The van der Waals surface area contributed by atoms with E-state index >= 15 is 0 Å². The average molecular weight is 382 g/mol. The van der Waals surface area contributed by atoms with Gasteiger partial charge in [0.1, 0.15) is 23.6 Å². The predicted octanol–water partition coefficient (Wildman–Crippen LogP) is 4.66. The van der Waals surface area contributed by atoms with Crippen molar-refractivity contribution < 1.29 is 9.53 Å². The molecule has 0 fully saturated rings. The third-order valence-electron chi connectivity index (χ3n) is 4.13. The third kappa shape index (κ3) is 5.12. The number of nitrogens with one attached hydrogen (secondary N) is 2. The lowest BCUT2D eigenvalue weighted by Gasteiger charge is -2.16. The quantitative estimate of drug-likeness (QED) is 0.646. The second-order valence-electron chi connectivity index (χ2n) is 6.28. The van der Waals surface area contributed by atoms with Gasteiger partial charge in [0.25, 0.3) is 0 Å². The maximum atomic E-state index is 12.4. The summed E-state index contributed by atoms with van der Waals surface area (Å²) >= 11 is 0. The lowest BCUT2D eigenvalue weighted by molar-refractivity contribution is -0.116. The van der Waals surface area contributed by atoms with Crippen molar-refractivity contribution in [2.45, 2.75) is 13.0 Å². The van der Waals surface area contributed by atoms with E-state index in [1.807, 2.05) is 6.07 Å². The molecule has 6 heteroatoms. The van der Waals surface area contributed by atoms with E-state index in [-0.39, 0.29) is 5.91 Å². The molecule has 3 rings (SSSR count). The first kappa shape index (κ1) is 19.5. The molecule has 0 aliphatic carbocycles. The minimum absolute atomic E-state index is 0.219. The molecule has 0 saturated heterocycles. The molecule has 1 atom stereocenters. The molecule has 0 bridgehead atoms. The van der Waals surface area contributed by atoms with Crippen LogP contribution in [0.4, 0.5) is 11.4 Å². The van der Waals surface area contributed by atoms with Crippen LogP contribution in [0.1, 0.15) is 18.1 Å². The number of nitrogens with zero attached hydrogens (tertiary/aromatic N) is 2. The predicted molar refractivity (Wildman–Crippen MR) is 111 cm³/mol. The molecule has 3 aromatic carbocycles. The summed E-state index contributed by atoms with van der Waals surface area (Å²) in [5.41, 5.74) is 2.26. The number of rotatable bonds is 6. The van der Waals surface area contributed by atoms with Gasteiger partial charge in [0, 0.05) is 11.4 Å². The van der Waals surface area contributed by atoms with Gasteiger partial charge >= 0.3 is 0 Å². The summed E-state index contributed by atoms with van der Waals surface area (Å²) < 4.78 is 5.75. The van der Waals surface area contributed by atoms with E-state index < -0.39 is 6.04 Å². The topological polar surface area (TPSA) is 97.9 Å². The van der Waals surface area contributed by atoms with Crippen LogP contribution in [0.3, 0.4) is 0 Å². The zero-order chi connectivity index (χ0) is 20.6. The Bertz CT molecular complexity index is 1090. The fraction of sp³-hybridized carbons (Fsp3) is 0.0870. The van der Waals surface area contributed by atoms with Crippen molar-refractivity contribution in [1.29, 1.82) is 10.5 Å². The van der Waals surface area contributed by atoms with Crippen LogP contribution < -0.4 is 15.4 Å². The molecule has 0 radical (unpaired) electrons. The van der Waals surface area contributed by atoms with Crippen molar-refractivity contribution >= 4 is 17.3 Å². The minimum Gasteiger partial charge on any atom is -0.456 e. The van der Waals surface area contributed by atoms with Crippen molar-refractivity contribution in [1.82, 2.24) is 0 Å². The summed E-state index contributed by atoms with van der Waals surface area (Å²) in [6.07, 6.45) is 0. The Kier molecular flexibility index (Phi) is 6.09. The van der Waals surface area contributed by atoms with Crippen molar-refractivity contribution in [3.05, 3.63) is 83.9 Å².